The fourth-order valence-electron chi connectivity index (χ4n) is 2.77. The molecule has 21 heavy (non-hydrogen) atoms. The lowest BCUT2D eigenvalue weighted by Gasteiger charge is -2.14. The lowest BCUT2D eigenvalue weighted by molar-refractivity contribution is 0.288. The van der Waals surface area contributed by atoms with Crippen LogP contribution in [-0.4, -0.2) is 18.6 Å². The molecule has 2 aromatic rings. The molecule has 0 amide bonds. The molecule has 1 aliphatic heterocycles. The van der Waals surface area contributed by atoms with Gasteiger partial charge in [0.25, 0.3) is 0 Å². The number of benzene rings is 2. The molecular formula is C18H18N2O. The van der Waals surface area contributed by atoms with Crippen molar-refractivity contribution in [1.29, 1.82) is 5.26 Å². The highest BCUT2D eigenvalue weighted by Crippen LogP contribution is 2.24. The molecule has 2 aromatic carbocycles. The maximum absolute atomic E-state index is 8.96. The van der Waals surface area contributed by atoms with Crippen molar-refractivity contribution in [3.63, 3.8) is 0 Å². The van der Waals surface area contributed by atoms with Gasteiger partial charge >= 0.3 is 0 Å². The van der Waals surface area contributed by atoms with Gasteiger partial charge < -0.3 is 4.74 Å². The van der Waals surface area contributed by atoms with E-state index < -0.39 is 0 Å². The van der Waals surface area contributed by atoms with Crippen molar-refractivity contribution in [2.24, 2.45) is 0 Å². The molecule has 3 nitrogen and oxygen atoms in total. The number of ether oxygens (including phenoxy) is 1. The van der Waals surface area contributed by atoms with Crippen LogP contribution in [0.1, 0.15) is 22.3 Å². The Morgan fingerprint density at radius 2 is 1.86 bits per heavy atom. The van der Waals surface area contributed by atoms with Crippen LogP contribution < -0.4 is 4.74 Å². The predicted molar refractivity (Wildman–Crippen MR) is 82.0 cm³/mol. The molecule has 0 aliphatic carbocycles. The normalized spacial score (nSPS) is 13.7. The predicted octanol–water partition coefficient (Wildman–Crippen LogP) is 3.13. The van der Waals surface area contributed by atoms with E-state index in [2.05, 4.69) is 29.2 Å². The lowest BCUT2D eigenvalue weighted by Crippen LogP contribution is -2.19. The number of hydrogen-bond donors (Lipinski definition) is 0. The van der Waals surface area contributed by atoms with Crippen molar-refractivity contribution in [3.05, 3.63) is 64.7 Å². The van der Waals surface area contributed by atoms with E-state index in [0.29, 0.717) is 0 Å². The quantitative estimate of drug-likeness (QED) is 0.862. The van der Waals surface area contributed by atoms with Gasteiger partial charge in [-0.25, -0.2) is 0 Å². The van der Waals surface area contributed by atoms with E-state index >= 15 is 0 Å². The molecule has 0 saturated heterocycles. The molecule has 0 aromatic heterocycles. The molecule has 0 N–H and O–H groups in total. The van der Waals surface area contributed by atoms with E-state index in [1.165, 1.54) is 16.7 Å². The van der Waals surface area contributed by atoms with Crippen LogP contribution >= 0.6 is 0 Å². The molecule has 3 heteroatoms. The lowest BCUT2D eigenvalue weighted by atomic mass is 10.1. The van der Waals surface area contributed by atoms with Crippen LogP contribution in [0.15, 0.2) is 42.5 Å². The summed E-state index contributed by atoms with van der Waals surface area (Å²) in [6, 6.07) is 16.5. The minimum Gasteiger partial charge on any atom is -0.497 e. The average molecular weight is 278 g/mol. The second-order valence-corrected chi connectivity index (χ2v) is 5.40. The maximum Gasteiger partial charge on any atom is 0.118 e. The van der Waals surface area contributed by atoms with Crippen LogP contribution in [0, 0.1) is 11.3 Å². The van der Waals surface area contributed by atoms with Gasteiger partial charge in [0.15, 0.2) is 0 Å². The van der Waals surface area contributed by atoms with Crippen molar-refractivity contribution in [1.82, 2.24) is 4.90 Å². The summed E-state index contributed by atoms with van der Waals surface area (Å²) in [4.78, 5) is 2.43. The van der Waals surface area contributed by atoms with Gasteiger partial charge in [-0.1, -0.05) is 18.2 Å². The fourth-order valence-corrected chi connectivity index (χ4v) is 2.77. The minimum atomic E-state index is 0.755. The van der Waals surface area contributed by atoms with E-state index in [4.69, 9.17) is 10.00 Å². The summed E-state index contributed by atoms with van der Waals surface area (Å²) in [6.45, 7) is 2.96. The number of rotatable bonds is 4. The van der Waals surface area contributed by atoms with Crippen molar-refractivity contribution in [2.45, 2.75) is 19.5 Å². The molecular weight excluding hydrogens is 260 g/mol. The van der Waals surface area contributed by atoms with Crippen LogP contribution in [0.25, 0.3) is 0 Å². The van der Waals surface area contributed by atoms with Gasteiger partial charge in [0, 0.05) is 19.6 Å². The Morgan fingerprint density at radius 1 is 1.10 bits per heavy atom. The Bertz CT molecular complexity index is 671. The maximum atomic E-state index is 8.96. The molecule has 0 radical (unpaired) electrons. The van der Waals surface area contributed by atoms with E-state index in [1.54, 1.807) is 7.11 Å². The Balaban J connectivity index is 1.59. The monoisotopic (exact) mass is 278 g/mol. The van der Waals surface area contributed by atoms with Crippen LogP contribution in [0.3, 0.4) is 0 Å². The van der Waals surface area contributed by atoms with Gasteiger partial charge in [0.2, 0.25) is 0 Å². The van der Waals surface area contributed by atoms with E-state index in [0.717, 1.165) is 37.4 Å². The van der Waals surface area contributed by atoms with Crippen molar-refractivity contribution in [2.75, 3.05) is 13.7 Å². The summed E-state index contributed by atoms with van der Waals surface area (Å²) >= 11 is 0. The number of nitrogens with zero attached hydrogens (tertiary/aromatic N) is 2. The topological polar surface area (TPSA) is 36.3 Å². The summed E-state index contributed by atoms with van der Waals surface area (Å²) in [5, 5.41) is 8.96. The standard InChI is InChI=1S/C18H18N2O/c1-21-18-6-3-14(4-7-18)8-9-20-12-16-5-2-15(11-19)10-17(16)13-20/h2-7,10H,8-9,12-13H2,1H3. The van der Waals surface area contributed by atoms with Gasteiger partial charge in [0.1, 0.15) is 5.75 Å². The Labute approximate surface area is 125 Å². The van der Waals surface area contributed by atoms with Gasteiger partial charge in [-0.3, -0.25) is 4.90 Å². The SMILES string of the molecule is COc1ccc(CCN2Cc3ccc(C#N)cc3C2)cc1. The van der Waals surface area contributed by atoms with Crippen molar-refractivity contribution in [3.8, 4) is 11.8 Å². The Morgan fingerprint density at radius 3 is 2.57 bits per heavy atom. The number of fused-ring (bicyclic) bond motifs is 1. The summed E-state index contributed by atoms with van der Waals surface area (Å²) in [5.74, 6) is 0.899. The van der Waals surface area contributed by atoms with Gasteiger partial charge in [-0.15, -0.1) is 0 Å². The Kier molecular flexibility index (Phi) is 3.89. The van der Waals surface area contributed by atoms with Crippen LogP contribution in [-0.2, 0) is 19.5 Å². The molecule has 1 heterocycles. The third-order valence-electron chi connectivity index (χ3n) is 4.00. The van der Waals surface area contributed by atoms with Crippen molar-refractivity contribution < 1.29 is 4.74 Å². The summed E-state index contributed by atoms with van der Waals surface area (Å²) in [5.41, 5.74) is 4.72. The Hall–Kier alpha value is -2.31. The largest absolute Gasteiger partial charge is 0.497 e. The van der Waals surface area contributed by atoms with Crippen LogP contribution in [0.5, 0.6) is 5.75 Å². The molecule has 0 unspecified atom stereocenters. The van der Waals surface area contributed by atoms with E-state index in [-0.39, 0.29) is 0 Å². The van der Waals surface area contributed by atoms with E-state index in [9.17, 15) is 0 Å². The summed E-state index contributed by atoms with van der Waals surface area (Å²) in [7, 11) is 1.69. The molecule has 0 bridgehead atoms. The van der Waals surface area contributed by atoms with Crippen LogP contribution in [0.4, 0.5) is 0 Å². The van der Waals surface area contributed by atoms with Gasteiger partial charge in [-0.05, 0) is 47.4 Å². The smallest absolute Gasteiger partial charge is 0.118 e. The molecule has 0 fully saturated rings. The molecule has 0 spiro atoms. The number of hydrogen-bond acceptors (Lipinski definition) is 3. The first kappa shape index (κ1) is 13.7. The third kappa shape index (κ3) is 3.07. The first-order valence-corrected chi connectivity index (χ1v) is 7.15. The zero-order valence-electron chi connectivity index (χ0n) is 12.2. The second-order valence-electron chi connectivity index (χ2n) is 5.40. The third-order valence-corrected chi connectivity index (χ3v) is 4.00. The highest BCUT2D eigenvalue weighted by molar-refractivity contribution is 5.40. The highest BCUT2D eigenvalue weighted by atomic mass is 16.5. The molecule has 106 valence electrons. The number of nitriles is 1. The fraction of sp³-hybridized carbons (Fsp3) is 0.278. The van der Waals surface area contributed by atoms with Crippen LogP contribution in [0.2, 0.25) is 0 Å². The van der Waals surface area contributed by atoms with Gasteiger partial charge in [-0.2, -0.15) is 5.26 Å². The molecule has 3 rings (SSSR count). The average Bonchev–Trinajstić information content (AvgIpc) is 2.95. The minimum absolute atomic E-state index is 0.755. The summed E-state index contributed by atoms with van der Waals surface area (Å²) in [6.07, 6.45) is 1.03. The van der Waals surface area contributed by atoms with Crippen molar-refractivity contribution >= 4 is 0 Å². The highest BCUT2D eigenvalue weighted by Gasteiger charge is 2.18. The molecule has 0 atom stereocenters. The zero-order chi connectivity index (χ0) is 14.7. The zero-order valence-corrected chi connectivity index (χ0v) is 12.2. The second kappa shape index (κ2) is 5.99. The number of methoxy groups -OCH3 is 1. The van der Waals surface area contributed by atoms with Gasteiger partial charge in [0.05, 0.1) is 18.7 Å². The molecule has 1 aliphatic rings. The summed E-state index contributed by atoms with van der Waals surface area (Å²) < 4.78 is 5.17. The van der Waals surface area contributed by atoms with E-state index in [1.807, 2.05) is 24.3 Å². The first-order valence-electron chi connectivity index (χ1n) is 7.15. The first-order chi connectivity index (χ1) is 10.3. The molecule has 0 saturated carbocycles.